The topological polar surface area (TPSA) is 64.9 Å². The Labute approximate surface area is 138 Å². The lowest BCUT2D eigenvalue weighted by Crippen LogP contribution is -1.88. The highest BCUT2D eigenvalue weighted by atomic mass is 79.9. The standard InChI is InChI=1S/C15H11Br2N3O/c1-8-2-4-10(12(17)6-8)14-19-15(21-20-14)9-3-5-11(16)13(18)7-9/h2-7H,18H2,1H3. The van der Waals surface area contributed by atoms with Gasteiger partial charge in [0.05, 0.1) is 0 Å². The fourth-order valence-corrected chi connectivity index (χ4v) is 2.85. The Morgan fingerprint density at radius 2 is 1.86 bits per heavy atom. The monoisotopic (exact) mass is 407 g/mol. The summed E-state index contributed by atoms with van der Waals surface area (Å²) in [6.07, 6.45) is 0. The van der Waals surface area contributed by atoms with E-state index in [-0.39, 0.29) is 0 Å². The minimum absolute atomic E-state index is 0.441. The molecule has 2 N–H and O–H groups in total. The number of nitrogen functional groups attached to an aromatic ring is 1. The Morgan fingerprint density at radius 1 is 1.05 bits per heavy atom. The van der Waals surface area contributed by atoms with E-state index in [9.17, 15) is 0 Å². The molecule has 1 aromatic heterocycles. The molecule has 0 unspecified atom stereocenters. The maximum Gasteiger partial charge on any atom is 0.258 e. The number of aromatic nitrogens is 2. The molecule has 0 fully saturated rings. The normalized spacial score (nSPS) is 10.8. The van der Waals surface area contributed by atoms with Crippen LogP contribution in [0.1, 0.15) is 5.56 Å². The molecule has 0 spiro atoms. The van der Waals surface area contributed by atoms with Crippen LogP contribution >= 0.6 is 31.9 Å². The molecular weight excluding hydrogens is 398 g/mol. The predicted octanol–water partition coefficient (Wildman–Crippen LogP) is 4.82. The van der Waals surface area contributed by atoms with Gasteiger partial charge in [0, 0.05) is 25.8 Å². The molecule has 0 aliphatic rings. The minimum Gasteiger partial charge on any atom is -0.398 e. The van der Waals surface area contributed by atoms with Crippen molar-refractivity contribution in [3.63, 3.8) is 0 Å². The van der Waals surface area contributed by atoms with E-state index >= 15 is 0 Å². The lowest BCUT2D eigenvalue weighted by molar-refractivity contribution is 0.432. The number of aryl methyl sites for hydroxylation is 1. The summed E-state index contributed by atoms with van der Waals surface area (Å²) in [5, 5.41) is 4.04. The van der Waals surface area contributed by atoms with Crippen LogP contribution in [0.15, 0.2) is 49.9 Å². The van der Waals surface area contributed by atoms with Crippen molar-refractivity contribution in [3.05, 3.63) is 50.9 Å². The van der Waals surface area contributed by atoms with Gasteiger partial charge in [0.1, 0.15) is 0 Å². The molecule has 0 amide bonds. The third-order valence-electron chi connectivity index (χ3n) is 3.03. The molecular formula is C15H11Br2N3O. The van der Waals surface area contributed by atoms with Crippen LogP contribution in [0.2, 0.25) is 0 Å². The Morgan fingerprint density at radius 3 is 2.57 bits per heavy atom. The third-order valence-corrected chi connectivity index (χ3v) is 4.41. The molecule has 2 aromatic carbocycles. The van der Waals surface area contributed by atoms with Gasteiger partial charge in [-0.3, -0.25) is 0 Å². The third kappa shape index (κ3) is 2.87. The molecule has 0 saturated heterocycles. The number of hydrogen-bond acceptors (Lipinski definition) is 4. The van der Waals surface area contributed by atoms with Gasteiger partial charge in [-0.25, -0.2) is 0 Å². The van der Waals surface area contributed by atoms with Crippen molar-refractivity contribution in [2.75, 3.05) is 5.73 Å². The second kappa shape index (κ2) is 5.61. The Kier molecular flexibility index (Phi) is 3.82. The fourth-order valence-electron chi connectivity index (χ4n) is 1.93. The van der Waals surface area contributed by atoms with Gasteiger partial charge in [0.25, 0.3) is 5.89 Å². The smallest absolute Gasteiger partial charge is 0.258 e. The first kappa shape index (κ1) is 14.3. The van der Waals surface area contributed by atoms with Crippen molar-refractivity contribution in [1.29, 1.82) is 0 Å². The average molecular weight is 409 g/mol. The molecule has 0 atom stereocenters. The summed E-state index contributed by atoms with van der Waals surface area (Å²) >= 11 is 6.88. The van der Waals surface area contributed by atoms with Gasteiger partial charge in [-0.2, -0.15) is 4.98 Å². The van der Waals surface area contributed by atoms with E-state index in [4.69, 9.17) is 10.3 Å². The molecule has 21 heavy (non-hydrogen) atoms. The first-order valence-electron chi connectivity index (χ1n) is 6.20. The quantitative estimate of drug-likeness (QED) is 0.617. The molecule has 3 rings (SSSR count). The van der Waals surface area contributed by atoms with Crippen LogP contribution in [0, 0.1) is 6.92 Å². The zero-order valence-electron chi connectivity index (χ0n) is 11.1. The second-order valence-corrected chi connectivity index (χ2v) is 6.35. The maximum atomic E-state index is 5.87. The predicted molar refractivity (Wildman–Crippen MR) is 89.7 cm³/mol. The molecule has 0 aliphatic heterocycles. The molecule has 3 aromatic rings. The number of halogens is 2. The minimum atomic E-state index is 0.441. The molecule has 0 saturated carbocycles. The van der Waals surface area contributed by atoms with Crippen molar-refractivity contribution in [2.45, 2.75) is 6.92 Å². The molecule has 0 bridgehead atoms. The average Bonchev–Trinajstić information content (AvgIpc) is 2.91. The number of benzene rings is 2. The summed E-state index contributed by atoms with van der Waals surface area (Å²) in [6, 6.07) is 11.5. The lowest BCUT2D eigenvalue weighted by Gasteiger charge is -2.00. The highest BCUT2D eigenvalue weighted by Gasteiger charge is 2.13. The number of hydrogen-bond donors (Lipinski definition) is 1. The van der Waals surface area contributed by atoms with Crippen molar-refractivity contribution in [2.24, 2.45) is 0 Å². The van der Waals surface area contributed by atoms with Crippen LogP contribution in [0.25, 0.3) is 22.8 Å². The van der Waals surface area contributed by atoms with E-state index in [1.54, 1.807) is 6.07 Å². The summed E-state index contributed by atoms with van der Waals surface area (Å²) in [6.45, 7) is 2.03. The number of nitrogens with zero attached hydrogens (tertiary/aromatic N) is 2. The Hall–Kier alpha value is -1.66. The van der Waals surface area contributed by atoms with Gasteiger partial charge in [-0.05, 0) is 58.7 Å². The summed E-state index contributed by atoms with van der Waals surface area (Å²) in [7, 11) is 0. The zero-order valence-corrected chi connectivity index (χ0v) is 14.3. The highest BCUT2D eigenvalue weighted by Crippen LogP contribution is 2.30. The molecule has 4 nitrogen and oxygen atoms in total. The molecule has 0 aliphatic carbocycles. The Balaban J connectivity index is 2.01. The van der Waals surface area contributed by atoms with Crippen LogP contribution in [0.5, 0.6) is 0 Å². The van der Waals surface area contributed by atoms with E-state index in [2.05, 4.69) is 42.0 Å². The largest absolute Gasteiger partial charge is 0.398 e. The maximum absolute atomic E-state index is 5.87. The van der Waals surface area contributed by atoms with Crippen molar-refractivity contribution in [3.8, 4) is 22.8 Å². The first-order chi connectivity index (χ1) is 10.0. The van der Waals surface area contributed by atoms with Crippen LogP contribution in [-0.4, -0.2) is 10.1 Å². The van der Waals surface area contributed by atoms with E-state index in [0.717, 1.165) is 25.6 Å². The van der Waals surface area contributed by atoms with Crippen LogP contribution in [-0.2, 0) is 0 Å². The molecule has 1 heterocycles. The number of rotatable bonds is 2. The van der Waals surface area contributed by atoms with E-state index in [1.165, 1.54) is 0 Å². The number of nitrogens with two attached hydrogens (primary N) is 1. The van der Waals surface area contributed by atoms with Crippen LogP contribution in [0.4, 0.5) is 5.69 Å². The van der Waals surface area contributed by atoms with Gasteiger partial charge in [0.2, 0.25) is 5.82 Å². The second-order valence-electron chi connectivity index (χ2n) is 4.64. The van der Waals surface area contributed by atoms with Crippen molar-refractivity contribution in [1.82, 2.24) is 10.1 Å². The first-order valence-corrected chi connectivity index (χ1v) is 7.79. The van der Waals surface area contributed by atoms with Gasteiger partial charge >= 0.3 is 0 Å². The molecule has 106 valence electrons. The summed E-state index contributed by atoms with van der Waals surface area (Å²) in [5.41, 5.74) is 9.34. The van der Waals surface area contributed by atoms with E-state index in [0.29, 0.717) is 17.4 Å². The van der Waals surface area contributed by atoms with Gasteiger partial charge in [-0.1, -0.05) is 27.2 Å². The van der Waals surface area contributed by atoms with Gasteiger partial charge < -0.3 is 10.3 Å². The fraction of sp³-hybridized carbons (Fsp3) is 0.0667. The van der Waals surface area contributed by atoms with Crippen LogP contribution < -0.4 is 5.73 Å². The van der Waals surface area contributed by atoms with Gasteiger partial charge in [-0.15, -0.1) is 0 Å². The summed E-state index contributed by atoms with van der Waals surface area (Å²) < 4.78 is 7.11. The Bertz CT molecular complexity index is 814. The molecule has 6 heteroatoms. The van der Waals surface area contributed by atoms with E-state index in [1.807, 2.05) is 37.3 Å². The van der Waals surface area contributed by atoms with Crippen LogP contribution in [0.3, 0.4) is 0 Å². The summed E-state index contributed by atoms with van der Waals surface area (Å²) in [4.78, 5) is 4.43. The SMILES string of the molecule is Cc1ccc(-c2noc(-c3ccc(Br)c(N)c3)n2)c(Br)c1. The zero-order chi connectivity index (χ0) is 15.0. The number of anilines is 1. The van der Waals surface area contributed by atoms with Crippen molar-refractivity contribution >= 4 is 37.5 Å². The van der Waals surface area contributed by atoms with Crippen molar-refractivity contribution < 1.29 is 4.52 Å². The lowest BCUT2D eigenvalue weighted by atomic mass is 10.1. The summed E-state index contributed by atoms with van der Waals surface area (Å²) in [5.74, 6) is 0.982. The molecule has 0 radical (unpaired) electrons. The van der Waals surface area contributed by atoms with Gasteiger partial charge in [0.15, 0.2) is 0 Å². The highest BCUT2D eigenvalue weighted by molar-refractivity contribution is 9.11. The van der Waals surface area contributed by atoms with E-state index < -0.39 is 0 Å².